The number of pyridine rings is 3. The Bertz CT molecular complexity index is 3520. The Kier molecular flexibility index (Phi) is 18.0. The highest BCUT2D eigenvalue weighted by Crippen LogP contribution is 2.44. The molecule has 0 unspecified atom stereocenters. The van der Waals surface area contributed by atoms with E-state index < -0.39 is 16.3 Å². The number of nitriles is 2. The number of carbonyl (C=O) groups is 1. The van der Waals surface area contributed by atoms with Crippen LogP contribution in [0.15, 0.2) is 91.4 Å². The smallest absolute Gasteiger partial charge is 0.394 e. The van der Waals surface area contributed by atoms with Crippen molar-refractivity contribution in [1.82, 2.24) is 15.0 Å². The van der Waals surface area contributed by atoms with E-state index in [-0.39, 0.29) is 0 Å². The van der Waals surface area contributed by atoms with Crippen molar-refractivity contribution in [3.05, 3.63) is 134 Å². The summed E-state index contributed by atoms with van der Waals surface area (Å²) in [5.74, 6) is 4.69. The number of benzene rings is 2. The Hall–Kier alpha value is -7.17. The number of hydrogen-bond acceptors (Lipinski definition) is 16. The molecular formula is C55H57N9O7S4. The van der Waals surface area contributed by atoms with E-state index in [4.69, 9.17) is 38.5 Å². The Morgan fingerprint density at radius 1 is 0.693 bits per heavy atom. The minimum atomic E-state index is -4.67. The zero-order chi connectivity index (χ0) is 53.1. The number of hydrogen-bond donors (Lipinski definition) is 6. The minimum Gasteiger partial charge on any atom is -0.497 e. The summed E-state index contributed by atoms with van der Waals surface area (Å²) in [7, 11) is -1.33. The fraction of sp³-hybridized carbons (Fsp3) is 0.309. The first-order valence-corrected chi connectivity index (χ1v) is 28.3. The number of rotatable bonds is 12. The van der Waals surface area contributed by atoms with Gasteiger partial charge in [-0.2, -0.15) is 18.9 Å². The molecule has 1 amide bonds. The van der Waals surface area contributed by atoms with Gasteiger partial charge in [0.15, 0.2) is 0 Å². The predicted molar refractivity (Wildman–Crippen MR) is 300 cm³/mol. The molecule has 0 radical (unpaired) electrons. The van der Waals surface area contributed by atoms with Gasteiger partial charge in [-0.15, -0.1) is 34.0 Å². The quantitative estimate of drug-likeness (QED) is 0.0621. The number of ether oxygens (including phenoxy) is 2. The first kappa shape index (κ1) is 54.1. The summed E-state index contributed by atoms with van der Waals surface area (Å²) in [5.41, 5.74) is 16.8. The largest absolute Gasteiger partial charge is 0.497 e. The van der Waals surface area contributed by atoms with Crippen LogP contribution in [0.1, 0.15) is 130 Å². The van der Waals surface area contributed by atoms with Crippen molar-refractivity contribution >= 4 is 104 Å². The second-order valence-electron chi connectivity index (χ2n) is 18.3. The normalized spacial score (nSPS) is 14.4. The number of allylic oxidation sites excluding steroid dienone is 2. The maximum Gasteiger partial charge on any atom is 0.394 e. The van der Waals surface area contributed by atoms with Crippen molar-refractivity contribution in [2.24, 2.45) is 5.73 Å². The van der Waals surface area contributed by atoms with Gasteiger partial charge < -0.3 is 31.6 Å². The fourth-order valence-corrected chi connectivity index (χ4v) is 13.3. The molecule has 6 aromatic heterocycles. The Labute approximate surface area is 447 Å². The molecule has 6 heterocycles. The van der Waals surface area contributed by atoms with E-state index in [9.17, 15) is 15.3 Å². The van der Waals surface area contributed by atoms with Gasteiger partial charge in [0.2, 0.25) is 0 Å². The summed E-state index contributed by atoms with van der Waals surface area (Å²) in [6.07, 6.45) is 20.8. The van der Waals surface area contributed by atoms with Gasteiger partial charge in [0.1, 0.15) is 41.1 Å². The number of nitrogen functional groups attached to an aromatic ring is 1. The van der Waals surface area contributed by atoms with E-state index in [1.807, 2.05) is 48.5 Å². The fourth-order valence-electron chi connectivity index (χ4n) is 9.48. The highest BCUT2D eigenvalue weighted by Gasteiger charge is 2.24. The Balaban J connectivity index is 0.000000145. The predicted octanol–water partition coefficient (Wildman–Crippen LogP) is 12.8. The summed E-state index contributed by atoms with van der Waals surface area (Å²) in [6, 6.07) is 27.1. The third kappa shape index (κ3) is 13.8. The first-order chi connectivity index (χ1) is 36.2. The lowest BCUT2D eigenvalue weighted by Crippen LogP contribution is -2.11. The van der Waals surface area contributed by atoms with Crippen molar-refractivity contribution < 1.29 is 31.8 Å². The van der Waals surface area contributed by atoms with Gasteiger partial charge in [0.25, 0.3) is 5.91 Å². The molecule has 2 saturated carbocycles. The molecule has 16 nitrogen and oxygen atoms in total. The average Bonchev–Trinajstić information content (AvgIpc) is 4.27. The van der Waals surface area contributed by atoms with Gasteiger partial charge in [-0.25, -0.2) is 15.0 Å². The lowest BCUT2D eigenvalue weighted by molar-refractivity contribution is 0.100. The number of aromatic nitrogens is 3. The van der Waals surface area contributed by atoms with Crippen molar-refractivity contribution in [3.63, 3.8) is 0 Å². The highest BCUT2D eigenvalue weighted by molar-refractivity contribution is 7.79. The third-order valence-corrected chi connectivity index (χ3v) is 17.3. The number of carbonyl (C=O) groups excluding carboxylic acids is 1. The van der Waals surface area contributed by atoms with Crippen LogP contribution in [0.25, 0.3) is 35.8 Å². The topological polar surface area (TPSA) is 272 Å². The second-order valence-corrected chi connectivity index (χ2v) is 22.4. The number of primary amides is 1. The third-order valence-electron chi connectivity index (χ3n) is 13.3. The van der Waals surface area contributed by atoms with Gasteiger partial charge >= 0.3 is 10.4 Å². The molecule has 11 rings (SSSR count). The molecule has 0 bridgehead atoms. The number of nitrogens with zero attached hydrogens (tertiary/aromatic N) is 5. The second kappa shape index (κ2) is 24.9. The summed E-state index contributed by atoms with van der Waals surface area (Å²) in [4.78, 5) is 28.4. The van der Waals surface area contributed by atoms with Crippen LogP contribution >= 0.6 is 34.0 Å². The minimum absolute atomic E-state index is 0.438. The van der Waals surface area contributed by atoms with E-state index in [1.54, 1.807) is 60.6 Å². The summed E-state index contributed by atoms with van der Waals surface area (Å²) >= 11 is 5.11. The van der Waals surface area contributed by atoms with Crippen LogP contribution < -0.4 is 31.6 Å². The van der Waals surface area contributed by atoms with E-state index in [0.717, 1.165) is 77.4 Å². The molecule has 0 atom stereocenters. The zero-order valence-electron chi connectivity index (χ0n) is 41.5. The Morgan fingerprint density at radius 3 is 1.61 bits per heavy atom. The van der Waals surface area contributed by atoms with Gasteiger partial charge in [-0.05, 0) is 116 Å². The lowest BCUT2D eigenvalue weighted by Gasteiger charge is -2.08. The number of nitrogens with two attached hydrogens (primary N) is 2. The number of fused-ring (bicyclic) bond motifs is 3. The molecule has 2 fully saturated rings. The Morgan fingerprint density at radius 2 is 1.16 bits per heavy atom. The van der Waals surface area contributed by atoms with Crippen molar-refractivity contribution in [1.29, 1.82) is 10.5 Å². The maximum absolute atomic E-state index is 11.4. The molecule has 20 heteroatoms. The summed E-state index contributed by atoms with van der Waals surface area (Å²) in [5, 5.41) is 28.7. The van der Waals surface area contributed by atoms with Crippen LogP contribution in [0.2, 0.25) is 0 Å². The molecule has 388 valence electrons. The molecule has 75 heavy (non-hydrogen) atoms. The van der Waals surface area contributed by atoms with Crippen molar-refractivity contribution in [2.45, 2.75) is 95.6 Å². The van der Waals surface area contributed by atoms with Crippen molar-refractivity contribution in [2.75, 3.05) is 30.6 Å². The molecule has 3 aliphatic rings. The summed E-state index contributed by atoms with van der Waals surface area (Å²) < 4.78 is 44.9. The van der Waals surface area contributed by atoms with Gasteiger partial charge in [0, 0.05) is 62.5 Å². The molecule has 0 spiro atoms. The lowest BCUT2D eigenvalue weighted by atomic mass is 10.1. The van der Waals surface area contributed by atoms with Crippen LogP contribution in [0.4, 0.5) is 17.5 Å². The van der Waals surface area contributed by atoms with Gasteiger partial charge in [-0.3, -0.25) is 13.9 Å². The number of anilines is 3. The molecule has 2 aromatic carbocycles. The molecule has 8 N–H and O–H groups in total. The van der Waals surface area contributed by atoms with E-state index in [0.29, 0.717) is 47.4 Å². The number of thiophene rings is 3. The zero-order valence-corrected chi connectivity index (χ0v) is 44.7. The van der Waals surface area contributed by atoms with Gasteiger partial charge in [0.05, 0.1) is 45.0 Å². The number of methoxy groups -OCH3 is 2. The molecule has 8 aromatic rings. The van der Waals surface area contributed by atoms with E-state index in [2.05, 4.69) is 62.0 Å². The standard InChI is InChI=1S/C21H21N3OS.C21H19N3OS.C13H15N3OS.H2O4S/c2*1-25-17-8-6-14(7-9-17)12-23-21-18-10-19(15-4-2-3-5-15)26-20(18)16(11-22)13-24-21;14-12-8-5-10(7-3-1-2-4-7)18-11(8)9(6-16-12)13(15)17;1-5(2,3)4/h6-10,13,15H,2-5,12H2,1H3,(H,23,24);4,6-10,13H,2-3,5,12H2,1H3,(H,23,24);5-7H,1-4H2,(H2,14,16)(H2,15,17);(H2,1,2,3,4). The molecule has 0 saturated heterocycles. The van der Waals surface area contributed by atoms with Crippen LogP contribution in [-0.2, 0) is 23.5 Å². The van der Waals surface area contributed by atoms with Crippen LogP contribution in [0.3, 0.4) is 0 Å². The molecular weight excluding hydrogens is 1030 g/mol. The highest BCUT2D eigenvalue weighted by atomic mass is 32.3. The molecule has 3 aliphatic carbocycles. The van der Waals surface area contributed by atoms with Crippen LogP contribution in [0.5, 0.6) is 11.5 Å². The van der Waals surface area contributed by atoms with E-state index >= 15 is 0 Å². The SMILES string of the molecule is COc1ccc(CNc2ncc(C#N)c3sc(C4=CCCC4)cc23)cc1.COc1ccc(CNc2ncc(C#N)c3sc(C4CCCC4)cc23)cc1.NC(=O)c1cnc(N)c2cc(C3CCCC3)sc12.O=S(=O)(O)O. The summed E-state index contributed by atoms with van der Waals surface area (Å²) in [6.45, 7) is 1.36. The number of amides is 1. The molecule has 0 aliphatic heterocycles. The van der Waals surface area contributed by atoms with Gasteiger partial charge in [-0.1, -0.05) is 56.0 Å². The average molecular weight is 1080 g/mol. The first-order valence-electron chi connectivity index (χ1n) is 24.5. The van der Waals surface area contributed by atoms with Crippen LogP contribution in [0, 0.1) is 22.7 Å². The van der Waals surface area contributed by atoms with Crippen molar-refractivity contribution in [3.8, 4) is 23.6 Å². The number of nitrogens with one attached hydrogen (secondary N) is 2. The van der Waals surface area contributed by atoms with Crippen LogP contribution in [-0.4, -0.2) is 52.6 Å². The maximum atomic E-state index is 11.4. The monoisotopic (exact) mass is 1080 g/mol. The van der Waals surface area contributed by atoms with E-state index in [1.165, 1.54) is 84.2 Å².